The van der Waals surface area contributed by atoms with Gasteiger partial charge in [-0.3, -0.25) is 9.29 Å². The predicted octanol–water partition coefficient (Wildman–Crippen LogP) is 2.65. The number of aromatic carboxylic acids is 1. The summed E-state index contributed by atoms with van der Waals surface area (Å²) in [5.41, 5.74) is 0.0765. The Morgan fingerprint density at radius 1 is 1.32 bits per heavy atom. The van der Waals surface area contributed by atoms with Crippen molar-refractivity contribution >= 4 is 33.3 Å². The third kappa shape index (κ3) is 3.05. The Balaban J connectivity index is 2.55. The first kappa shape index (κ1) is 16.3. The summed E-state index contributed by atoms with van der Waals surface area (Å²) < 4.78 is 26.5. The van der Waals surface area contributed by atoms with Crippen molar-refractivity contribution in [2.75, 3.05) is 10.8 Å². The number of hydrogen-bond donors (Lipinski definition) is 1. The van der Waals surface area contributed by atoms with E-state index in [1.807, 2.05) is 0 Å². The summed E-state index contributed by atoms with van der Waals surface area (Å²) in [6.07, 6.45) is 2.45. The molecule has 0 saturated heterocycles. The van der Waals surface area contributed by atoms with Crippen LogP contribution in [-0.2, 0) is 10.0 Å². The van der Waals surface area contributed by atoms with Crippen LogP contribution in [0.2, 0.25) is 5.02 Å². The third-order valence-electron chi connectivity index (χ3n) is 2.95. The van der Waals surface area contributed by atoms with Crippen LogP contribution in [-0.4, -0.2) is 31.0 Å². The summed E-state index contributed by atoms with van der Waals surface area (Å²) in [6, 6.07) is 7.33. The van der Waals surface area contributed by atoms with Crippen molar-refractivity contribution in [3.63, 3.8) is 0 Å². The standard InChI is InChI=1S/C14H13ClN2O4S/c1-2-17(11-7-10(14(18)19)8-16-9-11)22(20,21)13-6-4-3-5-12(13)15/h3-9H,2H2,1H3,(H,18,19). The zero-order valence-corrected chi connectivity index (χ0v) is 13.2. The Labute approximate surface area is 133 Å². The molecule has 6 nitrogen and oxygen atoms in total. The molecule has 2 rings (SSSR count). The zero-order chi connectivity index (χ0) is 16.3. The molecule has 0 radical (unpaired) electrons. The minimum absolute atomic E-state index is 0.0424. The lowest BCUT2D eigenvalue weighted by molar-refractivity contribution is 0.0696. The largest absolute Gasteiger partial charge is 0.478 e. The van der Waals surface area contributed by atoms with E-state index in [9.17, 15) is 13.2 Å². The molecule has 0 atom stereocenters. The third-order valence-corrected chi connectivity index (χ3v) is 5.35. The number of carboxylic acid groups (broad SMARTS) is 1. The van der Waals surface area contributed by atoms with Gasteiger partial charge in [-0.1, -0.05) is 23.7 Å². The van der Waals surface area contributed by atoms with Gasteiger partial charge in [0.1, 0.15) is 4.90 Å². The molecule has 116 valence electrons. The first-order valence-electron chi connectivity index (χ1n) is 6.33. The van der Waals surface area contributed by atoms with E-state index in [4.69, 9.17) is 16.7 Å². The minimum Gasteiger partial charge on any atom is -0.478 e. The van der Waals surface area contributed by atoms with Crippen molar-refractivity contribution in [3.05, 3.63) is 53.3 Å². The molecule has 0 aliphatic rings. The lowest BCUT2D eigenvalue weighted by atomic mass is 10.2. The van der Waals surface area contributed by atoms with Crippen LogP contribution in [0.25, 0.3) is 0 Å². The zero-order valence-electron chi connectivity index (χ0n) is 11.6. The predicted molar refractivity (Wildman–Crippen MR) is 82.9 cm³/mol. The second kappa shape index (κ2) is 6.33. The molecular weight excluding hydrogens is 328 g/mol. The van der Waals surface area contributed by atoms with Gasteiger partial charge in [-0.25, -0.2) is 13.2 Å². The van der Waals surface area contributed by atoms with Crippen LogP contribution < -0.4 is 4.31 Å². The topological polar surface area (TPSA) is 87.6 Å². The smallest absolute Gasteiger partial charge is 0.337 e. The molecule has 8 heteroatoms. The lowest BCUT2D eigenvalue weighted by Crippen LogP contribution is -2.31. The van der Waals surface area contributed by atoms with Crippen LogP contribution in [0, 0.1) is 0 Å². The molecule has 0 amide bonds. The summed E-state index contributed by atoms with van der Waals surface area (Å²) >= 11 is 5.96. The number of rotatable bonds is 5. The molecule has 22 heavy (non-hydrogen) atoms. The number of nitrogens with zero attached hydrogens (tertiary/aromatic N) is 2. The first-order valence-corrected chi connectivity index (χ1v) is 8.15. The molecule has 0 unspecified atom stereocenters. The second-order valence-electron chi connectivity index (χ2n) is 4.34. The number of anilines is 1. The Hall–Kier alpha value is -2.12. The highest BCUT2D eigenvalue weighted by Gasteiger charge is 2.26. The average molecular weight is 341 g/mol. The molecular formula is C14H13ClN2O4S. The summed E-state index contributed by atoms with van der Waals surface area (Å²) in [5.74, 6) is -1.18. The first-order chi connectivity index (χ1) is 10.4. The Morgan fingerprint density at radius 2 is 2.00 bits per heavy atom. The van der Waals surface area contributed by atoms with E-state index in [1.54, 1.807) is 19.1 Å². The maximum absolute atomic E-state index is 12.7. The fourth-order valence-corrected chi connectivity index (χ4v) is 3.89. The lowest BCUT2D eigenvalue weighted by Gasteiger charge is -2.23. The van der Waals surface area contributed by atoms with Crippen LogP contribution in [0.15, 0.2) is 47.6 Å². The Bertz CT molecular complexity index is 808. The SMILES string of the molecule is CCN(c1cncc(C(=O)O)c1)S(=O)(=O)c1ccccc1Cl. The number of aromatic nitrogens is 1. The van der Waals surface area contributed by atoms with Crippen LogP contribution in [0.3, 0.4) is 0 Å². The molecule has 0 fully saturated rings. The van der Waals surface area contributed by atoms with Crippen molar-refractivity contribution in [2.24, 2.45) is 0 Å². The van der Waals surface area contributed by atoms with Gasteiger partial charge in [-0.2, -0.15) is 0 Å². The van der Waals surface area contributed by atoms with Crippen molar-refractivity contribution in [1.82, 2.24) is 4.98 Å². The van der Waals surface area contributed by atoms with Gasteiger partial charge < -0.3 is 5.11 Å². The number of hydrogen-bond acceptors (Lipinski definition) is 4. The number of sulfonamides is 1. The maximum atomic E-state index is 12.7. The van der Waals surface area contributed by atoms with Crippen molar-refractivity contribution in [3.8, 4) is 0 Å². The van der Waals surface area contributed by atoms with Crippen LogP contribution in [0.4, 0.5) is 5.69 Å². The van der Waals surface area contributed by atoms with Gasteiger partial charge in [-0.15, -0.1) is 0 Å². The van der Waals surface area contributed by atoms with Gasteiger partial charge in [0.15, 0.2) is 0 Å². The van der Waals surface area contributed by atoms with Gasteiger partial charge >= 0.3 is 5.97 Å². The van der Waals surface area contributed by atoms with Gasteiger partial charge in [-0.05, 0) is 25.1 Å². The Kier molecular flexibility index (Phi) is 4.68. The summed E-state index contributed by atoms with van der Waals surface area (Å²) in [5, 5.41) is 9.10. The number of carbonyl (C=O) groups is 1. The monoisotopic (exact) mass is 340 g/mol. The minimum atomic E-state index is -3.91. The van der Waals surface area contributed by atoms with E-state index >= 15 is 0 Å². The van der Waals surface area contributed by atoms with Crippen molar-refractivity contribution in [2.45, 2.75) is 11.8 Å². The molecule has 0 bridgehead atoms. The number of halogens is 1. The molecule has 1 N–H and O–H groups in total. The van der Waals surface area contributed by atoms with E-state index in [1.165, 1.54) is 24.4 Å². The van der Waals surface area contributed by atoms with Gasteiger partial charge in [0.05, 0.1) is 22.5 Å². The molecule has 1 aromatic carbocycles. The fourth-order valence-electron chi connectivity index (χ4n) is 1.95. The van der Waals surface area contributed by atoms with Crippen LogP contribution in [0.1, 0.15) is 17.3 Å². The fraction of sp³-hybridized carbons (Fsp3) is 0.143. The highest BCUT2D eigenvalue weighted by Crippen LogP contribution is 2.28. The molecule has 0 saturated carbocycles. The number of benzene rings is 1. The van der Waals surface area contributed by atoms with Crippen molar-refractivity contribution in [1.29, 1.82) is 0 Å². The summed E-state index contributed by atoms with van der Waals surface area (Å²) in [4.78, 5) is 14.8. The van der Waals surface area contributed by atoms with Crippen molar-refractivity contribution < 1.29 is 18.3 Å². The van der Waals surface area contributed by atoms with Gasteiger partial charge in [0.25, 0.3) is 10.0 Å². The molecule has 0 aliphatic carbocycles. The molecule has 1 aromatic heterocycles. The molecule has 1 heterocycles. The van der Waals surface area contributed by atoms with E-state index in [2.05, 4.69) is 4.98 Å². The molecule has 0 aliphatic heterocycles. The Morgan fingerprint density at radius 3 is 2.59 bits per heavy atom. The summed E-state index contributed by atoms with van der Waals surface area (Å²) in [6.45, 7) is 1.75. The summed E-state index contributed by atoms with van der Waals surface area (Å²) in [7, 11) is -3.91. The van der Waals surface area contributed by atoms with E-state index in [0.29, 0.717) is 0 Å². The van der Waals surface area contributed by atoms with Gasteiger partial charge in [0.2, 0.25) is 0 Å². The van der Waals surface area contributed by atoms with Crippen LogP contribution in [0.5, 0.6) is 0 Å². The normalized spacial score (nSPS) is 11.2. The quantitative estimate of drug-likeness (QED) is 0.904. The highest BCUT2D eigenvalue weighted by atomic mass is 35.5. The van der Waals surface area contributed by atoms with E-state index < -0.39 is 16.0 Å². The highest BCUT2D eigenvalue weighted by molar-refractivity contribution is 7.93. The second-order valence-corrected chi connectivity index (χ2v) is 6.58. The van der Waals surface area contributed by atoms with E-state index in [-0.39, 0.29) is 27.7 Å². The van der Waals surface area contributed by atoms with E-state index in [0.717, 1.165) is 10.5 Å². The molecule has 2 aromatic rings. The average Bonchev–Trinajstić information content (AvgIpc) is 2.48. The maximum Gasteiger partial charge on any atom is 0.337 e. The number of carboxylic acids is 1. The van der Waals surface area contributed by atoms with Crippen LogP contribution >= 0.6 is 11.6 Å². The number of pyridine rings is 1. The van der Waals surface area contributed by atoms with Gasteiger partial charge in [0, 0.05) is 12.7 Å². The molecule has 0 spiro atoms.